The van der Waals surface area contributed by atoms with Crippen LogP contribution in [0.5, 0.6) is 0 Å². The maximum absolute atomic E-state index is 12.8. The standard InChI is InChI=1S/C15H8N2O8/c1-24-15(19)12-9(17(22)23)3-5-11-13(12)14(18)8-6-7(16(20)21)2-4-10(8)25-11/h2-6H,1H3. The highest BCUT2D eigenvalue weighted by Gasteiger charge is 2.28. The quantitative estimate of drug-likeness (QED) is 0.305. The van der Waals surface area contributed by atoms with Crippen LogP contribution in [-0.2, 0) is 4.74 Å². The number of carbonyl (C=O) groups excluding carboxylic acids is 1. The molecule has 0 aliphatic heterocycles. The number of hydrogen-bond donors (Lipinski definition) is 0. The monoisotopic (exact) mass is 344 g/mol. The summed E-state index contributed by atoms with van der Waals surface area (Å²) in [5.41, 5.74) is -2.37. The summed E-state index contributed by atoms with van der Waals surface area (Å²) in [6.45, 7) is 0. The molecule has 3 aromatic rings. The number of ether oxygens (including phenoxy) is 1. The van der Waals surface area contributed by atoms with Crippen LogP contribution in [0, 0.1) is 20.2 Å². The molecule has 126 valence electrons. The van der Waals surface area contributed by atoms with Gasteiger partial charge < -0.3 is 9.15 Å². The van der Waals surface area contributed by atoms with E-state index in [1.54, 1.807) is 0 Å². The lowest BCUT2D eigenvalue weighted by atomic mass is 10.0. The second-order valence-electron chi connectivity index (χ2n) is 4.95. The topological polar surface area (TPSA) is 143 Å². The van der Waals surface area contributed by atoms with Crippen molar-refractivity contribution >= 4 is 39.3 Å². The van der Waals surface area contributed by atoms with Crippen molar-refractivity contribution in [2.75, 3.05) is 7.11 Å². The van der Waals surface area contributed by atoms with Gasteiger partial charge in [0.15, 0.2) is 5.56 Å². The molecule has 0 N–H and O–H groups in total. The molecular formula is C15H8N2O8. The van der Waals surface area contributed by atoms with E-state index >= 15 is 0 Å². The van der Waals surface area contributed by atoms with E-state index in [2.05, 4.69) is 4.74 Å². The van der Waals surface area contributed by atoms with Crippen molar-refractivity contribution in [1.29, 1.82) is 0 Å². The van der Waals surface area contributed by atoms with E-state index in [1.807, 2.05) is 0 Å². The molecule has 0 saturated carbocycles. The third kappa shape index (κ3) is 2.45. The Labute approximate surface area is 137 Å². The zero-order valence-corrected chi connectivity index (χ0v) is 12.5. The third-order valence-corrected chi connectivity index (χ3v) is 3.60. The molecule has 25 heavy (non-hydrogen) atoms. The van der Waals surface area contributed by atoms with Gasteiger partial charge in [0.1, 0.15) is 11.2 Å². The maximum Gasteiger partial charge on any atom is 0.345 e. The van der Waals surface area contributed by atoms with Crippen molar-refractivity contribution in [1.82, 2.24) is 0 Å². The highest BCUT2D eigenvalue weighted by atomic mass is 16.6. The van der Waals surface area contributed by atoms with Gasteiger partial charge in [-0.3, -0.25) is 25.0 Å². The van der Waals surface area contributed by atoms with Gasteiger partial charge >= 0.3 is 5.97 Å². The summed E-state index contributed by atoms with van der Waals surface area (Å²) < 4.78 is 10.0. The first-order valence-electron chi connectivity index (χ1n) is 6.76. The van der Waals surface area contributed by atoms with Crippen molar-refractivity contribution in [2.45, 2.75) is 0 Å². The number of esters is 1. The van der Waals surface area contributed by atoms with E-state index in [1.165, 1.54) is 12.1 Å². The fourth-order valence-electron chi connectivity index (χ4n) is 2.49. The smallest absolute Gasteiger partial charge is 0.345 e. The Bertz CT molecular complexity index is 1130. The van der Waals surface area contributed by atoms with Gasteiger partial charge in [0.25, 0.3) is 11.4 Å². The molecule has 0 unspecified atom stereocenters. The highest BCUT2D eigenvalue weighted by Crippen LogP contribution is 2.30. The van der Waals surface area contributed by atoms with Crippen LogP contribution in [0.15, 0.2) is 39.5 Å². The fraction of sp³-hybridized carbons (Fsp3) is 0.0667. The average molecular weight is 344 g/mol. The summed E-state index contributed by atoms with van der Waals surface area (Å²) in [6.07, 6.45) is 0. The van der Waals surface area contributed by atoms with E-state index < -0.39 is 32.5 Å². The highest BCUT2D eigenvalue weighted by molar-refractivity contribution is 6.08. The van der Waals surface area contributed by atoms with Crippen molar-refractivity contribution in [2.24, 2.45) is 0 Å². The van der Waals surface area contributed by atoms with Crippen LogP contribution in [0.25, 0.3) is 21.9 Å². The molecule has 1 aromatic heterocycles. The molecular weight excluding hydrogens is 336 g/mol. The Morgan fingerprint density at radius 2 is 1.76 bits per heavy atom. The van der Waals surface area contributed by atoms with Crippen LogP contribution in [0.1, 0.15) is 10.4 Å². The summed E-state index contributed by atoms with van der Waals surface area (Å²) in [7, 11) is 1.01. The Morgan fingerprint density at radius 3 is 2.36 bits per heavy atom. The fourth-order valence-corrected chi connectivity index (χ4v) is 2.49. The molecule has 0 amide bonds. The number of non-ortho nitro benzene ring substituents is 1. The number of rotatable bonds is 3. The predicted octanol–water partition coefficient (Wildman–Crippen LogP) is 2.55. The van der Waals surface area contributed by atoms with Crippen molar-refractivity contribution in [3.63, 3.8) is 0 Å². The van der Waals surface area contributed by atoms with Crippen LogP contribution in [-0.4, -0.2) is 22.9 Å². The zero-order chi connectivity index (χ0) is 18.3. The Balaban J connectivity index is 2.54. The van der Waals surface area contributed by atoms with Gasteiger partial charge in [-0.25, -0.2) is 4.79 Å². The average Bonchev–Trinajstić information content (AvgIpc) is 2.59. The number of carbonyl (C=O) groups is 1. The molecule has 2 aromatic carbocycles. The first-order valence-corrected chi connectivity index (χ1v) is 6.76. The van der Waals surface area contributed by atoms with Crippen LogP contribution >= 0.6 is 0 Å². The zero-order valence-electron chi connectivity index (χ0n) is 12.5. The largest absolute Gasteiger partial charge is 0.465 e. The second kappa shape index (κ2) is 5.67. The number of nitrogens with zero attached hydrogens (tertiary/aromatic N) is 2. The molecule has 10 nitrogen and oxygen atoms in total. The first-order chi connectivity index (χ1) is 11.8. The van der Waals surface area contributed by atoms with Gasteiger partial charge in [0.2, 0.25) is 5.43 Å². The molecule has 0 atom stereocenters. The summed E-state index contributed by atoms with van der Waals surface area (Å²) in [5.74, 6) is -1.09. The molecule has 10 heteroatoms. The van der Waals surface area contributed by atoms with E-state index in [0.29, 0.717) is 0 Å². The lowest BCUT2D eigenvalue weighted by Gasteiger charge is -2.06. The van der Waals surface area contributed by atoms with Gasteiger partial charge in [0.05, 0.1) is 27.7 Å². The minimum absolute atomic E-state index is 0.0489. The molecule has 0 fully saturated rings. The van der Waals surface area contributed by atoms with Crippen molar-refractivity contribution in [3.05, 3.63) is 66.3 Å². The molecule has 0 aliphatic carbocycles. The number of methoxy groups -OCH3 is 1. The maximum atomic E-state index is 12.8. The van der Waals surface area contributed by atoms with Crippen LogP contribution in [0.4, 0.5) is 11.4 Å². The number of nitro groups is 2. The lowest BCUT2D eigenvalue weighted by molar-refractivity contribution is -0.385. The Hall–Kier alpha value is -3.82. The first kappa shape index (κ1) is 16.1. The normalized spacial score (nSPS) is 10.8. The SMILES string of the molecule is COC(=O)c1c([N+](=O)[O-])ccc2oc3ccc([N+](=O)[O-])cc3c(=O)c12. The summed E-state index contributed by atoms with van der Waals surface area (Å²) >= 11 is 0. The molecule has 3 rings (SSSR count). The molecule has 0 radical (unpaired) electrons. The number of hydrogen-bond acceptors (Lipinski definition) is 8. The number of fused-ring (bicyclic) bond motifs is 2. The number of benzene rings is 2. The van der Waals surface area contributed by atoms with Gasteiger partial charge in [-0.1, -0.05) is 0 Å². The second-order valence-corrected chi connectivity index (χ2v) is 4.95. The third-order valence-electron chi connectivity index (χ3n) is 3.60. The minimum Gasteiger partial charge on any atom is -0.465 e. The van der Waals surface area contributed by atoms with E-state index in [0.717, 1.165) is 25.3 Å². The number of nitro benzene ring substituents is 2. The van der Waals surface area contributed by atoms with Gasteiger partial charge in [-0.05, 0) is 12.1 Å². The Morgan fingerprint density at radius 1 is 1.08 bits per heavy atom. The molecule has 0 aliphatic rings. The minimum atomic E-state index is -1.09. The molecule has 0 bridgehead atoms. The van der Waals surface area contributed by atoms with Crippen molar-refractivity contribution in [3.8, 4) is 0 Å². The summed E-state index contributed by atoms with van der Waals surface area (Å²) in [5, 5.41) is 21.5. The Kier molecular flexibility index (Phi) is 3.64. The van der Waals surface area contributed by atoms with E-state index in [9.17, 15) is 29.8 Å². The van der Waals surface area contributed by atoms with E-state index in [-0.39, 0.29) is 27.6 Å². The van der Waals surface area contributed by atoms with Crippen LogP contribution < -0.4 is 5.43 Å². The van der Waals surface area contributed by atoms with Gasteiger partial charge in [-0.15, -0.1) is 0 Å². The molecule has 1 heterocycles. The van der Waals surface area contributed by atoms with Crippen LogP contribution in [0.3, 0.4) is 0 Å². The van der Waals surface area contributed by atoms with Crippen LogP contribution in [0.2, 0.25) is 0 Å². The van der Waals surface area contributed by atoms with E-state index in [4.69, 9.17) is 4.42 Å². The summed E-state index contributed by atoms with van der Waals surface area (Å²) in [6, 6.07) is 5.59. The lowest BCUT2D eigenvalue weighted by Crippen LogP contribution is -2.13. The molecule has 0 spiro atoms. The summed E-state index contributed by atoms with van der Waals surface area (Å²) in [4.78, 5) is 45.3. The molecule has 0 saturated heterocycles. The predicted molar refractivity (Wildman–Crippen MR) is 84.6 cm³/mol. The van der Waals surface area contributed by atoms with Crippen molar-refractivity contribution < 1.29 is 23.8 Å². The van der Waals surface area contributed by atoms with Gasteiger partial charge in [-0.2, -0.15) is 0 Å². The van der Waals surface area contributed by atoms with Gasteiger partial charge in [0, 0.05) is 18.2 Å².